The maximum atomic E-state index is 11.3. The van der Waals surface area contributed by atoms with Crippen molar-refractivity contribution in [2.24, 2.45) is 0 Å². The van der Waals surface area contributed by atoms with Gasteiger partial charge in [0.05, 0.1) is 17.2 Å². The Labute approximate surface area is 213 Å². The van der Waals surface area contributed by atoms with Crippen LogP contribution in [0, 0.1) is 0 Å². The standard InChI is InChI=1S/C25H31ClN6O.C2H4/c1-5-20(26)8-7-14-32-23-17-27-13-11-22(23)30-25(32)19-9-10-24(28-16-19)31(4)15-12-21(6-2)29-18(3)33;1-2/h5,7-11,13,16-17,21H,6,12,14-15H2,1-4H3,(H,29,33);1-2H2/b8-7-,20-5+;. The van der Waals surface area contributed by atoms with E-state index in [-0.39, 0.29) is 11.9 Å². The Hall–Kier alpha value is -3.45. The second kappa shape index (κ2) is 14.1. The highest BCUT2D eigenvalue weighted by Gasteiger charge is 2.14. The number of allylic oxidation sites excluding steroid dienone is 4. The second-order valence-electron chi connectivity index (χ2n) is 7.91. The molecule has 1 amide bonds. The monoisotopic (exact) mass is 494 g/mol. The number of hydrogen-bond donors (Lipinski definition) is 1. The molecule has 0 saturated carbocycles. The molecular weight excluding hydrogens is 460 g/mol. The molecule has 0 aliphatic heterocycles. The molecule has 0 saturated heterocycles. The van der Waals surface area contributed by atoms with E-state index in [2.05, 4.69) is 44.8 Å². The van der Waals surface area contributed by atoms with Crippen LogP contribution in [0.3, 0.4) is 0 Å². The van der Waals surface area contributed by atoms with Crippen LogP contribution in [0.1, 0.15) is 33.6 Å². The molecule has 1 atom stereocenters. The molecule has 1 N–H and O–H groups in total. The van der Waals surface area contributed by atoms with E-state index in [1.807, 2.05) is 62.8 Å². The summed E-state index contributed by atoms with van der Waals surface area (Å²) in [4.78, 5) is 27.2. The lowest BCUT2D eigenvalue weighted by Gasteiger charge is -2.22. The van der Waals surface area contributed by atoms with E-state index < -0.39 is 0 Å². The van der Waals surface area contributed by atoms with Gasteiger partial charge in [0.25, 0.3) is 0 Å². The number of aromatic nitrogens is 4. The van der Waals surface area contributed by atoms with Gasteiger partial charge in [-0.1, -0.05) is 30.7 Å². The summed E-state index contributed by atoms with van der Waals surface area (Å²) in [5.74, 6) is 1.71. The molecule has 0 aliphatic rings. The maximum Gasteiger partial charge on any atom is 0.217 e. The number of amides is 1. The summed E-state index contributed by atoms with van der Waals surface area (Å²) in [6.45, 7) is 13.0. The van der Waals surface area contributed by atoms with Crippen molar-refractivity contribution >= 4 is 34.4 Å². The van der Waals surface area contributed by atoms with Crippen LogP contribution in [0.25, 0.3) is 22.4 Å². The van der Waals surface area contributed by atoms with E-state index in [1.165, 1.54) is 0 Å². The molecule has 186 valence electrons. The number of carbonyl (C=O) groups is 1. The van der Waals surface area contributed by atoms with Crippen LogP contribution < -0.4 is 10.2 Å². The number of rotatable bonds is 10. The fourth-order valence-corrected chi connectivity index (χ4v) is 3.71. The number of pyridine rings is 2. The Bertz CT molecular complexity index is 1150. The normalized spacial score (nSPS) is 12.3. The molecule has 3 aromatic rings. The molecule has 0 fully saturated rings. The van der Waals surface area contributed by atoms with Gasteiger partial charge in [-0.2, -0.15) is 0 Å². The lowest BCUT2D eigenvalue weighted by molar-refractivity contribution is -0.119. The molecule has 1 unspecified atom stereocenters. The smallest absolute Gasteiger partial charge is 0.217 e. The fraction of sp³-hybridized carbons (Fsp3) is 0.333. The van der Waals surface area contributed by atoms with Crippen molar-refractivity contribution in [3.63, 3.8) is 0 Å². The van der Waals surface area contributed by atoms with Crippen molar-refractivity contribution < 1.29 is 4.79 Å². The zero-order valence-corrected chi connectivity index (χ0v) is 21.8. The quantitative estimate of drug-likeness (QED) is 0.287. The van der Waals surface area contributed by atoms with Crippen LogP contribution in [0.2, 0.25) is 0 Å². The minimum absolute atomic E-state index is 0.00732. The summed E-state index contributed by atoms with van der Waals surface area (Å²) in [6.07, 6.45) is 12.9. The fourth-order valence-electron chi connectivity index (χ4n) is 3.62. The van der Waals surface area contributed by atoms with Gasteiger partial charge in [0.15, 0.2) is 0 Å². The first-order chi connectivity index (χ1) is 16.9. The predicted molar refractivity (Wildman–Crippen MR) is 147 cm³/mol. The van der Waals surface area contributed by atoms with E-state index in [9.17, 15) is 4.79 Å². The third-order valence-electron chi connectivity index (χ3n) is 5.50. The van der Waals surface area contributed by atoms with Crippen molar-refractivity contribution in [3.8, 4) is 11.4 Å². The number of nitrogens with one attached hydrogen (secondary N) is 1. The Morgan fingerprint density at radius 2 is 2.06 bits per heavy atom. The SMILES string of the molecule is C/C=C(Cl)\C=C/Cn1c(-c2ccc(N(C)CCC(CC)NC(C)=O)nc2)nc2ccncc21.C=C. The molecule has 0 aromatic carbocycles. The average molecular weight is 495 g/mol. The van der Waals surface area contributed by atoms with Crippen LogP contribution in [0.15, 0.2) is 73.2 Å². The number of anilines is 1. The van der Waals surface area contributed by atoms with Crippen LogP contribution >= 0.6 is 11.6 Å². The number of halogens is 1. The molecule has 0 spiro atoms. The number of hydrogen-bond acceptors (Lipinski definition) is 5. The van der Waals surface area contributed by atoms with Crippen molar-refractivity contribution in [2.45, 2.75) is 46.2 Å². The topological polar surface area (TPSA) is 75.9 Å². The number of imidazole rings is 1. The Morgan fingerprint density at radius 1 is 1.29 bits per heavy atom. The van der Waals surface area contributed by atoms with Gasteiger partial charge < -0.3 is 14.8 Å². The predicted octanol–water partition coefficient (Wildman–Crippen LogP) is 5.74. The molecule has 7 nitrogen and oxygen atoms in total. The highest BCUT2D eigenvalue weighted by molar-refractivity contribution is 6.31. The molecule has 8 heteroatoms. The third-order valence-corrected chi connectivity index (χ3v) is 5.85. The van der Waals surface area contributed by atoms with Gasteiger partial charge in [-0.05, 0) is 44.0 Å². The Kier molecular flexibility index (Phi) is 11.2. The van der Waals surface area contributed by atoms with Gasteiger partial charge in [-0.25, -0.2) is 9.97 Å². The zero-order valence-electron chi connectivity index (χ0n) is 21.0. The number of fused-ring (bicyclic) bond motifs is 1. The van der Waals surface area contributed by atoms with Crippen LogP contribution in [-0.2, 0) is 11.3 Å². The largest absolute Gasteiger partial charge is 0.360 e. The summed E-state index contributed by atoms with van der Waals surface area (Å²) >= 11 is 6.11. The molecule has 0 aliphatic carbocycles. The summed E-state index contributed by atoms with van der Waals surface area (Å²) in [5.41, 5.74) is 2.77. The van der Waals surface area contributed by atoms with Gasteiger partial charge in [0.2, 0.25) is 5.91 Å². The second-order valence-corrected chi connectivity index (χ2v) is 8.34. The van der Waals surface area contributed by atoms with Gasteiger partial charge >= 0.3 is 0 Å². The zero-order chi connectivity index (χ0) is 25.8. The molecule has 0 radical (unpaired) electrons. The van der Waals surface area contributed by atoms with Crippen molar-refractivity contribution in [2.75, 3.05) is 18.5 Å². The first-order valence-electron chi connectivity index (χ1n) is 11.7. The van der Waals surface area contributed by atoms with Gasteiger partial charge in [0, 0.05) is 56.1 Å². The van der Waals surface area contributed by atoms with Crippen LogP contribution in [0.4, 0.5) is 5.82 Å². The highest BCUT2D eigenvalue weighted by Crippen LogP contribution is 2.25. The molecule has 0 bridgehead atoms. The van der Waals surface area contributed by atoms with Gasteiger partial charge in [-0.3, -0.25) is 9.78 Å². The third kappa shape index (κ3) is 7.79. The van der Waals surface area contributed by atoms with E-state index in [1.54, 1.807) is 13.1 Å². The maximum absolute atomic E-state index is 11.3. The molecule has 35 heavy (non-hydrogen) atoms. The summed E-state index contributed by atoms with van der Waals surface area (Å²) < 4.78 is 2.11. The van der Waals surface area contributed by atoms with E-state index in [4.69, 9.17) is 16.6 Å². The minimum Gasteiger partial charge on any atom is -0.360 e. The van der Waals surface area contributed by atoms with Gasteiger partial charge in [-0.15, -0.1) is 13.2 Å². The highest BCUT2D eigenvalue weighted by atomic mass is 35.5. The number of carbonyl (C=O) groups excluding carboxylic acids is 1. The summed E-state index contributed by atoms with van der Waals surface area (Å²) in [6, 6.07) is 6.12. The first kappa shape index (κ1) is 27.8. The van der Waals surface area contributed by atoms with Crippen molar-refractivity contribution in [1.29, 1.82) is 0 Å². The Balaban J connectivity index is 0.00000210. The number of nitrogens with zero attached hydrogens (tertiary/aromatic N) is 5. The minimum atomic E-state index is 0.00732. The Morgan fingerprint density at radius 3 is 2.69 bits per heavy atom. The van der Waals surface area contributed by atoms with Crippen molar-refractivity contribution in [1.82, 2.24) is 24.8 Å². The molecule has 3 rings (SSSR count). The molecule has 3 heterocycles. The lowest BCUT2D eigenvalue weighted by atomic mass is 10.1. The summed E-state index contributed by atoms with van der Waals surface area (Å²) in [5, 5.41) is 3.69. The van der Waals surface area contributed by atoms with Crippen LogP contribution in [-0.4, -0.2) is 45.1 Å². The molecule has 3 aromatic heterocycles. The summed E-state index contributed by atoms with van der Waals surface area (Å²) in [7, 11) is 2.01. The van der Waals surface area contributed by atoms with E-state index in [0.29, 0.717) is 11.6 Å². The van der Waals surface area contributed by atoms with E-state index in [0.717, 1.165) is 47.6 Å². The van der Waals surface area contributed by atoms with Crippen molar-refractivity contribution in [3.05, 3.63) is 73.2 Å². The van der Waals surface area contributed by atoms with E-state index >= 15 is 0 Å². The molecular formula is C27H35ClN6O. The lowest BCUT2D eigenvalue weighted by Crippen LogP contribution is -2.35. The average Bonchev–Trinajstić information content (AvgIpc) is 3.25. The van der Waals surface area contributed by atoms with Crippen LogP contribution in [0.5, 0.6) is 0 Å². The first-order valence-corrected chi connectivity index (χ1v) is 12.0. The van der Waals surface area contributed by atoms with Gasteiger partial charge in [0.1, 0.15) is 11.6 Å².